The summed E-state index contributed by atoms with van der Waals surface area (Å²) in [6.45, 7) is 0. The van der Waals surface area contributed by atoms with Gasteiger partial charge in [0.05, 0.1) is 0 Å². The summed E-state index contributed by atoms with van der Waals surface area (Å²) in [4.78, 5) is 0. The quantitative estimate of drug-likeness (QED) is 0.152. The third-order valence-electron chi connectivity index (χ3n) is 13.4. The van der Waals surface area contributed by atoms with Gasteiger partial charge < -0.3 is 0 Å². The third-order valence-corrected chi connectivity index (χ3v) is 15.7. The van der Waals surface area contributed by atoms with Crippen LogP contribution >= 0.6 is 22.7 Å². The molecule has 286 valence electrons. The van der Waals surface area contributed by atoms with E-state index in [-0.39, 0.29) is 0 Å². The molecule has 0 saturated carbocycles. The number of benzene rings is 11. The molecule has 1 aliphatic rings. The zero-order chi connectivity index (χ0) is 40.5. The smallest absolute Gasteiger partial charge is 0.0355 e. The Hall–Kier alpha value is -7.36. The fourth-order valence-electron chi connectivity index (χ4n) is 10.5. The molecule has 14 rings (SSSR count). The van der Waals surface area contributed by atoms with E-state index in [0.29, 0.717) is 0 Å². The van der Waals surface area contributed by atoms with Gasteiger partial charge in [-0.05, 0) is 160 Å². The van der Waals surface area contributed by atoms with Gasteiger partial charge in [0.15, 0.2) is 0 Å². The topological polar surface area (TPSA) is 0 Å². The molecule has 0 amide bonds. The van der Waals surface area contributed by atoms with Crippen LogP contribution in [0.3, 0.4) is 0 Å². The zero-order valence-electron chi connectivity index (χ0n) is 33.4. The van der Waals surface area contributed by atoms with Crippen LogP contribution in [0.15, 0.2) is 206 Å². The molecule has 13 aromatic rings. The molecule has 2 heteroatoms. The highest BCUT2D eigenvalue weighted by molar-refractivity contribution is 7.26. The van der Waals surface area contributed by atoms with Crippen molar-refractivity contribution >= 4 is 95.3 Å². The molecule has 62 heavy (non-hydrogen) atoms. The molecule has 0 fully saturated rings. The van der Waals surface area contributed by atoms with Crippen molar-refractivity contribution in [2.45, 2.75) is 0 Å². The molecular weight excluding hydrogens is 785 g/mol. The molecule has 11 aromatic carbocycles. The van der Waals surface area contributed by atoms with E-state index in [9.17, 15) is 0 Å². The molecule has 0 nitrogen and oxygen atoms in total. The Morgan fingerprint density at radius 1 is 0.177 bits per heavy atom. The number of fused-ring (bicyclic) bond motifs is 20. The Labute approximate surface area is 366 Å². The molecule has 0 aliphatic heterocycles. The first kappa shape index (κ1) is 34.4. The van der Waals surface area contributed by atoms with Crippen molar-refractivity contribution in [3.8, 4) is 66.8 Å². The molecule has 1 aliphatic carbocycles. The highest BCUT2D eigenvalue weighted by Crippen LogP contribution is 2.52. The summed E-state index contributed by atoms with van der Waals surface area (Å²) >= 11 is 3.75. The molecule has 0 spiro atoms. The maximum absolute atomic E-state index is 2.51. The van der Waals surface area contributed by atoms with Crippen molar-refractivity contribution in [2.75, 3.05) is 0 Å². The van der Waals surface area contributed by atoms with Crippen molar-refractivity contribution in [3.63, 3.8) is 0 Å². The Balaban J connectivity index is 1.08. The first-order valence-corrected chi connectivity index (χ1v) is 22.9. The standard InChI is InChI=1S/C60H34S2/c1-4-14-42-39(11-1)40-12-2-5-15-43(40)52-34-54-50-30-36(38-24-28-60-56(32-38)48-18-8-10-20-58(48)62-60)22-26-46(50)49-29-35(37-23-27-59-55(31-37)47-17-7-9-19-57(47)61-59)21-25-45(49)41-13-3-6-16-44(41)53(54)33-51(42)52/h1-34H. The van der Waals surface area contributed by atoms with Crippen LogP contribution in [0.25, 0.3) is 139 Å². The van der Waals surface area contributed by atoms with E-state index in [2.05, 4.69) is 206 Å². The van der Waals surface area contributed by atoms with Crippen molar-refractivity contribution in [3.05, 3.63) is 206 Å². The van der Waals surface area contributed by atoms with Gasteiger partial charge in [-0.3, -0.25) is 0 Å². The Kier molecular flexibility index (Phi) is 7.24. The fourth-order valence-corrected chi connectivity index (χ4v) is 12.7. The Morgan fingerprint density at radius 3 is 1.00 bits per heavy atom. The molecule has 0 atom stereocenters. The van der Waals surface area contributed by atoms with Gasteiger partial charge >= 0.3 is 0 Å². The van der Waals surface area contributed by atoms with Crippen molar-refractivity contribution < 1.29 is 0 Å². The van der Waals surface area contributed by atoms with Crippen LogP contribution in [0.1, 0.15) is 0 Å². The highest BCUT2D eigenvalue weighted by atomic mass is 32.1. The zero-order valence-corrected chi connectivity index (χ0v) is 35.1. The van der Waals surface area contributed by atoms with Gasteiger partial charge in [-0.2, -0.15) is 0 Å². The minimum atomic E-state index is 1.22. The van der Waals surface area contributed by atoms with Crippen LogP contribution in [0, 0.1) is 0 Å². The Morgan fingerprint density at radius 2 is 0.484 bits per heavy atom. The van der Waals surface area contributed by atoms with Crippen LogP contribution in [0.5, 0.6) is 0 Å². The van der Waals surface area contributed by atoms with Crippen LogP contribution in [0.4, 0.5) is 0 Å². The first-order chi connectivity index (χ1) is 30.7. The lowest BCUT2D eigenvalue weighted by atomic mass is 9.78. The van der Waals surface area contributed by atoms with Crippen LogP contribution in [-0.2, 0) is 0 Å². The van der Waals surface area contributed by atoms with Gasteiger partial charge in [-0.1, -0.05) is 146 Å². The van der Waals surface area contributed by atoms with E-state index in [1.807, 2.05) is 22.7 Å². The van der Waals surface area contributed by atoms with E-state index >= 15 is 0 Å². The van der Waals surface area contributed by atoms with Crippen LogP contribution in [-0.4, -0.2) is 0 Å². The van der Waals surface area contributed by atoms with Gasteiger partial charge in [0, 0.05) is 40.3 Å². The van der Waals surface area contributed by atoms with Crippen LogP contribution < -0.4 is 0 Å². The van der Waals surface area contributed by atoms with Crippen molar-refractivity contribution in [2.24, 2.45) is 0 Å². The molecular formula is C60H34S2. The number of thiophene rings is 2. The second-order valence-electron chi connectivity index (χ2n) is 16.7. The van der Waals surface area contributed by atoms with E-state index in [0.717, 1.165) is 0 Å². The van der Waals surface area contributed by atoms with Gasteiger partial charge in [0.1, 0.15) is 0 Å². The molecule has 0 N–H and O–H groups in total. The van der Waals surface area contributed by atoms with Gasteiger partial charge in [0.25, 0.3) is 0 Å². The SMILES string of the molecule is c1ccc2c(c1)-c1ccc(-c3ccc4sc5ccccc5c4c3)cc1-c1ccc(-c3ccc4sc5ccccc5c4c3)cc1-c1cc3c4ccccc4c4ccccc4c3cc1-2. The largest absolute Gasteiger partial charge is 0.135 e. The van der Waals surface area contributed by atoms with E-state index < -0.39 is 0 Å². The van der Waals surface area contributed by atoms with Gasteiger partial charge in [0.2, 0.25) is 0 Å². The second kappa shape index (κ2) is 13.1. The summed E-state index contributed by atoms with van der Waals surface area (Å²) in [6, 6.07) is 78.0. The summed E-state index contributed by atoms with van der Waals surface area (Å²) in [7, 11) is 0. The average Bonchev–Trinajstić information content (AvgIpc) is 3.91. The lowest BCUT2D eigenvalue weighted by Gasteiger charge is -2.25. The molecule has 0 bridgehead atoms. The second-order valence-corrected chi connectivity index (χ2v) is 18.9. The lowest BCUT2D eigenvalue weighted by Crippen LogP contribution is -1.99. The van der Waals surface area contributed by atoms with E-state index in [4.69, 9.17) is 0 Å². The van der Waals surface area contributed by atoms with Crippen molar-refractivity contribution in [1.29, 1.82) is 0 Å². The van der Waals surface area contributed by atoms with E-state index in [1.54, 1.807) is 0 Å². The summed E-state index contributed by atoms with van der Waals surface area (Å²) < 4.78 is 5.31. The molecule has 0 radical (unpaired) electrons. The van der Waals surface area contributed by atoms with E-state index in [1.165, 1.54) is 139 Å². The number of hydrogen-bond acceptors (Lipinski definition) is 2. The monoisotopic (exact) mass is 818 g/mol. The fraction of sp³-hybridized carbons (Fsp3) is 0. The summed E-state index contributed by atoms with van der Waals surface area (Å²) in [5.74, 6) is 0. The summed E-state index contributed by atoms with van der Waals surface area (Å²) in [5.41, 5.74) is 14.9. The molecule has 0 saturated heterocycles. The maximum atomic E-state index is 2.51. The highest BCUT2D eigenvalue weighted by Gasteiger charge is 2.25. The first-order valence-electron chi connectivity index (χ1n) is 21.3. The number of rotatable bonds is 2. The minimum absolute atomic E-state index is 1.22. The lowest BCUT2D eigenvalue weighted by molar-refractivity contribution is 1.53. The van der Waals surface area contributed by atoms with Gasteiger partial charge in [-0.15, -0.1) is 22.7 Å². The van der Waals surface area contributed by atoms with Crippen molar-refractivity contribution in [1.82, 2.24) is 0 Å². The molecule has 2 aromatic heterocycles. The van der Waals surface area contributed by atoms with Crippen LogP contribution in [0.2, 0.25) is 0 Å². The summed E-state index contributed by atoms with van der Waals surface area (Å²) in [5, 5.41) is 13.0. The predicted molar refractivity (Wildman–Crippen MR) is 271 cm³/mol. The third kappa shape index (κ3) is 4.99. The average molecular weight is 819 g/mol. The predicted octanol–water partition coefficient (Wildman–Crippen LogP) is 18.2. The van der Waals surface area contributed by atoms with Gasteiger partial charge in [-0.25, -0.2) is 0 Å². The maximum Gasteiger partial charge on any atom is 0.0355 e. The molecule has 0 unspecified atom stereocenters. The summed E-state index contributed by atoms with van der Waals surface area (Å²) in [6.07, 6.45) is 0. The minimum Gasteiger partial charge on any atom is -0.135 e. The Bertz CT molecular complexity index is 4050. The molecule has 2 heterocycles. The number of hydrogen-bond donors (Lipinski definition) is 0. The normalized spacial score (nSPS) is 12.2.